The van der Waals surface area contributed by atoms with Crippen molar-refractivity contribution in [1.82, 2.24) is 5.32 Å². The Morgan fingerprint density at radius 3 is 2.61 bits per heavy atom. The van der Waals surface area contributed by atoms with Crippen LogP contribution in [0.25, 0.3) is 11.1 Å². The summed E-state index contributed by atoms with van der Waals surface area (Å²) >= 11 is 0. The lowest BCUT2D eigenvalue weighted by molar-refractivity contribution is -0.885. The molecule has 0 saturated carbocycles. The second-order valence-corrected chi connectivity index (χ2v) is 5.66. The fourth-order valence-corrected chi connectivity index (χ4v) is 2.79. The number of hydrogen-bond acceptors (Lipinski definition) is 2. The first kappa shape index (κ1) is 15.2. The molecule has 118 valence electrons. The minimum absolute atomic E-state index is 0.00346. The summed E-state index contributed by atoms with van der Waals surface area (Å²) in [5, 5.41) is 5.75. The molecule has 5 nitrogen and oxygen atoms in total. The van der Waals surface area contributed by atoms with Gasteiger partial charge in [0.25, 0.3) is 11.8 Å². The molecule has 0 spiro atoms. The Kier molecular flexibility index (Phi) is 4.68. The molecule has 0 radical (unpaired) electrons. The maximum absolute atomic E-state index is 12.3. The fraction of sp³-hybridized carbons (Fsp3) is 0.222. The lowest BCUT2D eigenvalue weighted by Gasteiger charge is -2.23. The molecule has 23 heavy (non-hydrogen) atoms. The summed E-state index contributed by atoms with van der Waals surface area (Å²) in [6.07, 6.45) is 0. The van der Waals surface area contributed by atoms with Crippen LogP contribution < -0.4 is 15.5 Å². The van der Waals surface area contributed by atoms with Gasteiger partial charge in [0.1, 0.15) is 0 Å². The van der Waals surface area contributed by atoms with Crippen LogP contribution in [0.2, 0.25) is 0 Å². The van der Waals surface area contributed by atoms with E-state index in [9.17, 15) is 9.59 Å². The average Bonchev–Trinajstić information content (AvgIpc) is 2.56. The van der Waals surface area contributed by atoms with Crippen LogP contribution in [-0.2, 0) is 9.59 Å². The molecule has 0 aliphatic carbocycles. The third-order valence-electron chi connectivity index (χ3n) is 3.91. The van der Waals surface area contributed by atoms with E-state index in [4.69, 9.17) is 0 Å². The van der Waals surface area contributed by atoms with E-state index in [1.807, 2.05) is 54.6 Å². The molecule has 1 unspecified atom stereocenters. The topological polar surface area (TPSA) is 62.6 Å². The number of rotatable bonds is 4. The summed E-state index contributed by atoms with van der Waals surface area (Å²) in [7, 11) is 0. The van der Waals surface area contributed by atoms with E-state index in [0.29, 0.717) is 19.6 Å². The SMILES string of the molecule is O=C1C[NH+](CC(=O)Nc2ccccc2-c2ccccc2)CCN1. The highest BCUT2D eigenvalue weighted by Gasteiger charge is 2.22. The van der Waals surface area contributed by atoms with E-state index in [2.05, 4.69) is 10.6 Å². The molecule has 0 aromatic heterocycles. The highest BCUT2D eigenvalue weighted by atomic mass is 16.2. The van der Waals surface area contributed by atoms with E-state index in [0.717, 1.165) is 28.3 Å². The summed E-state index contributed by atoms with van der Waals surface area (Å²) < 4.78 is 0. The third kappa shape index (κ3) is 3.96. The molecule has 1 atom stereocenters. The lowest BCUT2D eigenvalue weighted by Crippen LogP contribution is -3.16. The second kappa shape index (κ2) is 7.07. The van der Waals surface area contributed by atoms with Gasteiger partial charge in [-0.1, -0.05) is 48.5 Å². The van der Waals surface area contributed by atoms with Crippen LogP contribution in [0.4, 0.5) is 5.69 Å². The monoisotopic (exact) mass is 310 g/mol. The maximum Gasteiger partial charge on any atom is 0.279 e. The van der Waals surface area contributed by atoms with Gasteiger partial charge in [0.15, 0.2) is 13.1 Å². The van der Waals surface area contributed by atoms with E-state index in [-0.39, 0.29) is 11.8 Å². The van der Waals surface area contributed by atoms with Crippen molar-refractivity contribution in [1.29, 1.82) is 0 Å². The molecular weight excluding hydrogens is 290 g/mol. The number of nitrogens with one attached hydrogen (secondary N) is 3. The van der Waals surface area contributed by atoms with Crippen molar-refractivity contribution in [3.05, 3.63) is 54.6 Å². The van der Waals surface area contributed by atoms with E-state index >= 15 is 0 Å². The van der Waals surface area contributed by atoms with Crippen molar-refractivity contribution in [2.45, 2.75) is 0 Å². The third-order valence-corrected chi connectivity index (χ3v) is 3.91. The number of piperazine rings is 1. The normalized spacial score (nSPS) is 17.4. The first-order valence-electron chi connectivity index (χ1n) is 7.77. The Morgan fingerprint density at radius 2 is 1.83 bits per heavy atom. The largest absolute Gasteiger partial charge is 0.346 e. The molecule has 2 amide bonds. The van der Waals surface area contributed by atoms with Crippen LogP contribution in [-0.4, -0.2) is 38.0 Å². The smallest absolute Gasteiger partial charge is 0.279 e. The number of carbonyl (C=O) groups is 2. The summed E-state index contributed by atoms with van der Waals surface area (Å²) in [6.45, 7) is 2.06. The number of para-hydroxylation sites is 1. The van der Waals surface area contributed by atoms with E-state index in [1.165, 1.54) is 0 Å². The van der Waals surface area contributed by atoms with Gasteiger partial charge in [-0.25, -0.2) is 0 Å². The molecule has 3 N–H and O–H groups in total. The van der Waals surface area contributed by atoms with Gasteiger partial charge in [0, 0.05) is 11.3 Å². The van der Waals surface area contributed by atoms with Crippen LogP contribution >= 0.6 is 0 Å². The molecule has 1 fully saturated rings. The zero-order valence-corrected chi connectivity index (χ0v) is 12.8. The van der Waals surface area contributed by atoms with Crippen molar-refractivity contribution >= 4 is 17.5 Å². The molecule has 5 heteroatoms. The summed E-state index contributed by atoms with van der Waals surface area (Å²) in [4.78, 5) is 24.7. The molecule has 2 aromatic rings. The van der Waals surface area contributed by atoms with Crippen molar-refractivity contribution in [3.8, 4) is 11.1 Å². The highest BCUT2D eigenvalue weighted by molar-refractivity contribution is 5.96. The number of carbonyl (C=O) groups excluding carboxylic acids is 2. The lowest BCUT2D eigenvalue weighted by atomic mass is 10.0. The number of anilines is 1. The zero-order valence-electron chi connectivity index (χ0n) is 12.8. The summed E-state index contributed by atoms with van der Waals surface area (Å²) in [6, 6.07) is 17.7. The van der Waals surface area contributed by atoms with Crippen LogP contribution in [0.5, 0.6) is 0 Å². The summed E-state index contributed by atoms with van der Waals surface area (Å²) in [5.41, 5.74) is 2.85. The Morgan fingerprint density at radius 1 is 1.09 bits per heavy atom. The summed E-state index contributed by atoms with van der Waals surface area (Å²) in [5.74, 6) is -0.0678. The molecule has 2 aromatic carbocycles. The van der Waals surface area contributed by atoms with Gasteiger partial charge in [0.2, 0.25) is 0 Å². The van der Waals surface area contributed by atoms with Crippen LogP contribution in [0.15, 0.2) is 54.6 Å². The van der Waals surface area contributed by atoms with Gasteiger partial charge in [-0.05, 0) is 11.6 Å². The van der Waals surface area contributed by atoms with Crippen molar-refractivity contribution in [2.24, 2.45) is 0 Å². The minimum atomic E-state index is -0.0712. The molecule has 1 heterocycles. The number of quaternary nitrogens is 1. The number of amides is 2. The van der Waals surface area contributed by atoms with Crippen molar-refractivity contribution in [3.63, 3.8) is 0 Å². The zero-order chi connectivity index (χ0) is 16.1. The van der Waals surface area contributed by atoms with E-state index < -0.39 is 0 Å². The van der Waals surface area contributed by atoms with Gasteiger partial charge >= 0.3 is 0 Å². The molecule has 1 saturated heterocycles. The van der Waals surface area contributed by atoms with E-state index in [1.54, 1.807) is 0 Å². The second-order valence-electron chi connectivity index (χ2n) is 5.66. The molecule has 0 bridgehead atoms. The predicted octanol–water partition coefficient (Wildman–Crippen LogP) is 0.307. The molecule has 1 aliphatic rings. The molecular formula is C18H20N3O2+. The van der Waals surface area contributed by atoms with Crippen LogP contribution in [0, 0.1) is 0 Å². The quantitative estimate of drug-likeness (QED) is 0.761. The highest BCUT2D eigenvalue weighted by Crippen LogP contribution is 2.27. The first-order valence-corrected chi connectivity index (χ1v) is 7.77. The van der Waals surface area contributed by atoms with Crippen LogP contribution in [0.1, 0.15) is 0 Å². The maximum atomic E-state index is 12.3. The van der Waals surface area contributed by atoms with Crippen molar-refractivity contribution < 1.29 is 14.5 Å². The standard InChI is InChI=1S/C18H19N3O2/c22-17-12-21(11-10-19-17)13-18(23)20-16-9-5-4-8-15(16)14-6-2-1-3-7-14/h1-9H,10-13H2,(H,19,22)(H,20,23)/p+1. The van der Waals surface area contributed by atoms with Crippen LogP contribution in [0.3, 0.4) is 0 Å². The van der Waals surface area contributed by atoms with Gasteiger partial charge in [-0.15, -0.1) is 0 Å². The Balaban J connectivity index is 1.70. The average molecular weight is 310 g/mol. The molecule has 1 aliphatic heterocycles. The Labute approximate surface area is 135 Å². The Bertz CT molecular complexity index is 700. The fourth-order valence-electron chi connectivity index (χ4n) is 2.79. The molecule has 3 rings (SSSR count). The number of hydrogen-bond donors (Lipinski definition) is 3. The number of benzene rings is 2. The van der Waals surface area contributed by atoms with Crippen molar-refractivity contribution in [2.75, 3.05) is 31.5 Å². The van der Waals surface area contributed by atoms with Gasteiger partial charge < -0.3 is 15.5 Å². The minimum Gasteiger partial charge on any atom is -0.346 e. The van der Waals surface area contributed by atoms with Gasteiger partial charge in [0.05, 0.1) is 13.1 Å². The predicted molar refractivity (Wildman–Crippen MR) is 89.1 cm³/mol. The van der Waals surface area contributed by atoms with Gasteiger partial charge in [-0.3, -0.25) is 9.59 Å². The van der Waals surface area contributed by atoms with Gasteiger partial charge in [-0.2, -0.15) is 0 Å². The first-order chi connectivity index (χ1) is 11.2. The Hall–Kier alpha value is -2.66.